The molecular formula is C20H21FN4O2S. The molecule has 0 aliphatic carbocycles. The Morgan fingerprint density at radius 1 is 1.21 bits per heavy atom. The molecule has 28 heavy (non-hydrogen) atoms. The van der Waals surface area contributed by atoms with Crippen LogP contribution in [0.1, 0.15) is 17.9 Å². The third-order valence-electron chi connectivity index (χ3n) is 4.85. The van der Waals surface area contributed by atoms with Crippen molar-refractivity contribution in [1.82, 2.24) is 19.9 Å². The number of halogens is 1. The fourth-order valence-corrected chi connectivity index (χ4v) is 3.91. The Balaban J connectivity index is 1.23. The highest BCUT2D eigenvalue weighted by atomic mass is 32.1. The molecule has 0 bridgehead atoms. The maximum absolute atomic E-state index is 13.2. The summed E-state index contributed by atoms with van der Waals surface area (Å²) in [5, 5.41) is 8.00. The molecule has 4 rings (SSSR count). The summed E-state index contributed by atoms with van der Waals surface area (Å²) < 4.78 is 18.6. The molecular weight excluding hydrogens is 379 g/mol. The number of carbonyl (C=O) groups excluding carboxylic acids is 1. The minimum Gasteiger partial charge on any atom is -0.340 e. The van der Waals surface area contributed by atoms with Crippen LogP contribution < -0.4 is 0 Å². The Kier molecular flexibility index (Phi) is 5.78. The van der Waals surface area contributed by atoms with Gasteiger partial charge in [0.25, 0.3) is 0 Å². The molecule has 0 spiro atoms. The van der Waals surface area contributed by atoms with Gasteiger partial charge in [-0.2, -0.15) is 16.3 Å². The van der Waals surface area contributed by atoms with Crippen LogP contribution in [0, 0.1) is 5.82 Å². The van der Waals surface area contributed by atoms with Gasteiger partial charge in [-0.1, -0.05) is 17.3 Å². The number of rotatable bonds is 6. The van der Waals surface area contributed by atoms with Crippen LogP contribution in [0.15, 0.2) is 45.6 Å². The molecule has 0 saturated carbocycles. The molecule has 1 aliphatic heterocycles. The molecule has 0 N–H and O–H groups in total. The fourth-order valence-electron chi connectivity index (χ4n) is 3.28. The van der Waals surface area contributed by atoms with Crippen LogP contribution in [0.4, 0.5) is 4.39 Å². The number of hydrogen-bond acceptors (Lipinski definition) is 6. The first-order valence-corrected chi connectivity index (χ1v) is 10.2. The van der Waals surface area contributed by atoms with E-state index in [9.17, 15) is 9.18 Å². The Morgan fingerprint density at radius 3 is 2.82 bits per heavy atom. The number of hydrogen-bond donors (Lipinski definition) is 0. The van der Waals surface area contributed by atoms with E-state index < -0.39 is 0 Å². The van der Waals surface area contributed by atoms with Crippen LogP contribution in [0.25, 0.3) is 11.4 Å². The SMILES string of the molecule is O=C(CCc1cccc(F)c1)N1CCN(Cc2nc(-c3ccsc3)no2)CC1. The van der Waals surface area contributed by atoms with Crippen molar-refractivity contribution in [3.05, 3.63) is 58.4 Å². The van der Waals surface area contributed by atoms with Gasteiger partial charge >= 0.3 is 0 Å². The van der Waals surface area contributed by atoms with Crippen LogP contribution >= 0.6 is 11.3 Å². The van der Waals surface area contributed by atoms with Crippen molar-refractivity contribution < 1.29 is 13.7 Å². The zero-order valence-electron chi connectivity index (χ0n) is 15.4. The third-order valence-corrected chi connectivity index (χ3v) is 5.53. The summed E-state index contributed by atoms with van der Waals surface area (Å²) in [4.78, 5) is 21.0. The maximum atomic E-state index is 13.2. The molecule has 0 unspecified atom stereocenters. The summed E-state index contributed by atoms with van der Waals surface area (Å²) in [5.74, 6) is 1.05. The lowest BCUT2D eigenvalue weighted by Crippen LogP contribution is -2.48. The largest absolute Gasteiger partial charge is 0.340 e. The normalized spacial score (nSPS) is 15.1. The van der Waals surface area contributed by atoms with E-state index in [1.807, 2.05) is 27.8 Å². The second kappa shape index (κ2) is 8.62. The van der Waals surface area contributed by atoms with E-state index in [0.717, 1.165) is 24.2 Å². The standard InChI is InChI=1S/C20H21FN4O2S/c21-17-3-1-2-15(12-17)4-5-19(26)25-9-7-24(8-10-25)13-18-22-20(23-27-18)16-6-11-28-14-16/h1-3,6,11-12,14H,4-5,7-10,13H2. The minimum atomic E-state index is -0.262. The number of carbonyl (C=O) groups is 1. The highest BCUT2D eigenvalue weighted by molar-refractivity contribution is 7.08. The summed E-state index contributed by atoms with van der Waals surface area (Å²) in [6.45, 7) is 3.47. The lowest BCUT2D eigenvalue weighted by atomic mass is 10.1. The highest BCUT2D eigenvalue weighted by Gasteiger charge is 2.22. The van der Waals surface area contributed by atoms with Gasteiger partial charge in [-0.3, -0.25) is 9.69 Å². The molecule has 3 aromatic rings. The van der Waals surface area contributed by atoms with Gasteiger partial charge in [0.1, 0.15) is 5.82 Å². The van der Waals surface area contributed by atoms with Gasteiger partial charge < -0.3 is 9.42 Å². The number of benzene rings is 1. The average molecular weight is 400 g/mol. The zero-order valence-corrected chi connectivity index (χ0v) is 16.2. The number of aromatic nitrogens is 2. The molecule has 6 nitrogen and oxygen atoms in total. The third kappa shape index (κ3) is 4.63. The van der Waals surface area contributed by atoms with Gasteiger partial charge in [-0.25, -0.2) is 4.39 Å². The predicted molar refractivity (Wildman–Crippen MR) is 104 cm³/mol. The second-order valence-electron chi connectivity index (χ2n) is 6.81. The van der Waals surface area contributed by atoms with Gasteiger partial charge in [-0.05, 0) is 35.6 Å². The molecule has 1 aromatic carbocycles. The fraction of sp³-hybridized carbons (Fsp3) is 0.350. The Bertz CT molecular complexity index is 920. The van der Waals surface area contributed by atoms with Crippen molar-refractivity contribution in [2.45, 2.75) is 19.4 Å². The molecule has 1 aliphatic rings. The van der Waals surface area contributed by atoms with Gasteiger partial charge in [0.2, 0.25) is 17.6 Å². The molecule has 1 saturated heterocycles. The monoisotopic (exact) mass is 400 g/mol. The molecule has 8 heteroatoms. The van der Waals surface area contributed by atoms with Crippen molar-refractivity contribution in [3.63, 3.8) is 0 Å². The van der Waals surface area contributed by atoms with Crippen LogP contribution in [0.3, 0.4) is 0 Å². The summed E-state index contributed by atoms with van der Waals surface area (Å²) in [7, 11) is 0. The van der Waals surface area contributed by atoms with Gasteiger partial charge in [0, 0.05) is 43.5 Å². The van der Waals surface area contributed by atoms with Crippen LogP contribution in [-0.2, 0) is 17.8 Å². The van der Waals surface area contributed by atoms with Crippen molar-refractivity contribution in [3.8, 4) is 11.4 Å². The molecule has 1 fully saturated rings. The molecule has 0 radical (unpaired) electrons. The van der Waals surface area contributed by atoms with Gasteiger partial charge in [0.15, 0.2) is 0 Å². The summed E-state index contributed by atoms with van der Waals surface area (Å²) in [5.41, 5.74) is 1.82. The lowest BCUT2D eigenvalue weighted by Gasteiger charge is -2.34. The quantitative estimate of drug-likeness (QED) is 0.636. The predicted octanol–water partition coefficient (Wildman–Crippen LogP) is 3.21. The second-order valence-corrected chi connectivity index (χ2v) is 7.59. The first-order valence-electron chi connectivity index (χ1n) is 9.27. The average Bonchev–Trinajstić information content (AvgIpc) is 3.38. The van der Waals surface area contributed by atoms with E-state index >= 15 is 0 Å². The first-order chi connectivity index (χ1) is 13.7. The van der Waals surface area contributed by atoms with Gasteiger partial charge in [0.05, 0.1) is 6.54 Å². The number of piperazine rings is 1. The summed E-state index contributed by atoms with van der Waals surface area (Å²) >= 11 is 1.60. The van der Waals surface area contributed by atoms with Crippen molar-refractivity contribution in [1.29, 1.82) is 0 Å². The van der Waals surface area contributed by atoms with Crippen LogP contribution in [0.5, 0.6) is 0 Å². The highest BCUT2D eigenvalue weighted by Crippen LogP contribution is 2.19. The van der Waals surface area contributed by atoms with E-state index in [0.29, 0.717) is 44.2 Å². The molecule has 146 valence electrons. The van der Waals surface area contributed by atoms with Crippen molar-refractivity contribution >= 4 is 17.2 Å². The van der Waals surface area contributed by atoms with E-state index in [2.05, 4.69) is 15.0 Å². The molecule has 1 amide bonds. The van der Waals surface area contributed by atoms with Crippen LogP contribution in [0.2, 0.25) is 0 Å². The van der Waals surface area contributed by atoms with E-state index in [-0.39, 0.29) is 11.7 Å². The summed E-state index contributed by atoms with van der Waals surface area (Å²) in [6.07, 6.45) is 0.960. The molecule has 0 atom stereocenters. The van der Waals surface area contributed by atoms with Crippen molar-refractivity contribution in [2.75, 3.05) is 26.2 Å². The minimum absolute atomic E-state index is 0.112. The number of aryl methyl sites for hydroxylation is 1. The Hall–Kier alpha value is -2.58. The topological polar surface area (TPSA) is 62.5 Å². The van der Waals surface area contributed by atoms with E-state index in [1.54, 1.807) is 17.4 Å². The Labute approximate surface area is 166 Å². The van der Waals surface area contributed by atoms with Crippen LogP contribution in [-0.4, -0.2) is 52.0 Å². The molecule has 2 aromatic heterocycles. The number of amides is 1. The first kappa shape index (κ1) is 18.8. The lowest BCUT2D eigenvalue weighted by molar-refractivity contribution is -0.133. The summed E-state index contributed by atoms with van der Waals surface area (Å²) in [6, 6.07) is 8.39. The number of nitrogens with zero attached hydrogens (tertiary/aromatic N) is 4. The van der Waals surface area contributed by atoms with Gasteiger partial charge in [-0.15, -0.1) is 0 Å². The van der Waals surface area contributed by atoms with E-state index in [4.69, 9.17) is 4.52 Å². The van der Waals surface area contributed by atoms with Crippen molar-refractivity contribution in [2.24, 2.45) is 0 Å². The Morgan fingerprint density at radius 2 is 2.07 bits per heavy atom. The maximum Gasteiger partial charge on any atom is 0.241 e. The van der Waals surface area contributed by atoms with E-state index in [1.165, 1.54) is 12.1 Å². The zero-order chi connectivity index (χ0) is 19.3. The number of thiophene rings is 1. The smallest absolute Gasteiger partial charge is 0.241 e. The molecule has 3 heterocycles.